The van der Waals surface area contributed by atoms with E-state index in [1.54, 1.807) is 22.4 Å². The summed E-state index contributed by atoms with van der Waals surface area (Å²) in [7, 11) is 0. The van der Waals surface area contributed by atoms with Gasteiger partial charge in [-0.05, 0) is 55.0 Å². The molecule has 1 aliphatic heterocycles. The van der Waals surface area contributed by atoms with Crippen molar-refractivity contribution in [3.63, 3.8) is 0 Å². The van der Waals surface area contributed by atoms with Crippen LogP contribution in [-0.2, 0) is 26.3 Å². The molecule has 0 fully saturated rings. The second kappa shape index (κ2) is 11.2. The van der Waals surface area contributed by atoms with E-state index in [2.05, 4.69) is 4.98 Å². The Balaban J connectivity index is 1.42. The van der Waals surface area contributed by atoms with Gasteiger partial charge in [-0.15, -0.1) is 11.3 Å². The monoisotopic (exact) mass is 536 g/mol. The van der Waals surface area contributed by atoms with Crippen LogP contribution in [0.3, 0.4) is 0 Å². The Morgan fingerprint density at radius 3 is 2.68 bits per heavy atom. The predicted octanol–water partition coefficient (Wildman–Crippen LogP) is 5.75. The zero-order valence-electron chi connectivity index (χ0n) is 20.1. The number of carbonyl (C=O) groups excluding carboxylic acids is 1. The highest BCUT2D eigenvalue weighted by Crippen LogP contribution is 2.33. The molecular formula is C28H25ClN2O5S. The standard InChI is InChI=1S/C28H25ClN2O5S/c1-18-2-5-20(6-3-18)28(33)31(12-19-4-8-25-26(10-19)36-17-35-25)13-21-11-22(29)7-9-24(21)34-15-27-30-23(14-32)16-37-27/h2-11,16,32H,12-15,17H2,1H3. The number of nitrogens with zero attached hydrogens (tertiary/aromatic N) is 2. The molecule has 3 aromatic carbocycles. The predicted molar refractivity (Wildman–Crippen MR) is 141 cm³/mol. The SMILES string of the molecule is Cc1ccc(C(=O)N(Cc2ccc3c(c2)OCO3)Cc2cc(Cl)ccc2OCc2nc(CO)cs2)cc1. The molecule has 1 amide bonds. The first kappa shape index (κ1) is 25.1. The largest absolute Gasteiger partial charge is 0.486 e. The average Bonchev–Trinajstić information content (AvgIpc) is 3.57. The number of benzene rings is 3. The molecule has 5 rings (SSSR count). The van der Waals surface area contributed by atoms with Gasteiger partial charge in [0.25, 0.3) is 5.91 Å². The van der Waals surface area contributed by atoms with Gasteiger partial charge in [0.2, 0.25) is 6.79 Å². The molecule has 0 spiro atoms. The highest BCUT2D eigenvalue weighted by Gasteiger charge is 2.21. The fraction of sp³-hybridized carbons (Fsp3) is 0.214. The minimum absolute atomic E-state index is 0.112. The second-order valence-electron chi connectivity index (χ2n) is 8.65. The maximum Gasteiger partial charge on any atom is 0.254 e. The van der Waals surface area contributed by atoms with E-state index in [-0.39, 0.29) is 32.5 Å². The maximum atomic E-state index is 13.7. The van der Waals surface area contributed by atoms with E-state index in [0.29, 0.717) is 40.1 Å². The Kier molecular flexibility index (Phi) is 7.60. The van der Waals surface area contributed by atoms with Crippen LogP contribution in [0.5, 0.6) is 17.2 Å². The van der Waals surface area contributed by atoms with Crippen LogP contribution in [0.4, 0.5) is 0 Å². The molecule has 9 heteroatoms. The van der Waals surface area contributed by atoms with Crippen molar-refractivity contribution in [1.82, 2.24) is 9.88 Å². The Bertz CT molecular complexity index is 1410. The number of halogens is 1. The van der Waals surface area contributed by atoms with Crippen molar-refractivity contribution in [3.05, 3.63) is 104 Å². The molecule has 0 unspecified atom stereocenters. The van der Waals surface area contributed by atoms with Crippen LogP contribution in [0.1, 0.15) is 37.7 Å². The number of aryl methyl sites for hydroxylation is 1. The third-order valence-corrected chi connectivity index (χ3v) is 7.00. The van der Waals surface area contributed by atoms with Gasteiger partial charge in [-0.1, -0.05) is 35.4 Å². The number of fused-ring (bicyclic) bond motifs is 1. The molecule has 0 saturated heterocycles. The number of hydrogen-bond donors (Lipinski definition) is 1. The Morgan fingerprint density at radius 2 is 1.89 bits per heavy atom. The van der Waals surface area contributed by atoms with E-state index in [1.165, 1.54) is 11.3 Å². The summed E-state index contributed by atoms with van der Waals surface area (Å²) in [6.45, 7) is 2.93. The van der Waals surface area contributed by atoms with Gasteiger partial charge in [0.05, 0.1) is 18.8 Å². The van der Waals surface area contributed by atoms with Gasteiger partial charge >= 0.3 is 0 Å². The van der Waals surface area contributed by atoms with Crippen LogP contribution in [0.25, 0.3) is 0 Å². The molecule has 37 heavy (non-hydrogen) atoms. The van der Waals surface area contributed by atoms with E-state index in [4.69, 9.17) is 25.8 Å². The van der Waals surface area contributed by atoms with Crippen molar-refractivity contribution in [2.24, 2.45) is 0 Å². The first-order valence-electron chi connectivity index (χ1n) is 11.7. The first-order valence-corrected chi connectivity index (χ1v) is 12.9. The molecule has 7 nitrogen and oxygen atoms in total. The fourth-order valence-corrected chi connectivity index (χ4v) is 4.87. The van der Waals surface area contributed by atoms with E-state index in [9.17, 15) is 9.90 Å². The van der Waals surface area contributed by atoms with Gasteiger partial charge in [-0.2, -0.15) is 0 Å². The molecule has 2 heterocycles. The summed E-state index contributed by atoms with van der Waals surface area (Å²) in [5.74, 6) is 1.85. The van der Waals surface area contributed by atoms with E-state index in [0.717, 1.165) is 21.7 Å². The molecule has 4 aromatic rings. The molecular weight excluding hydrogens is 512 g/mol. The average molecular weight is 537 g/mol. The number of amides is 1. The number of thiazole rings is 1. The molecule has 1 N–H and O–H groups in total. The smallest absolute Gasteiger partial charge is 0.254 e. The molecule has 0 atom stereocenters. The molecule has 0 radical (unpaired) electrons. The summed E-state index contributed by atoms with van der Waals surface area (Å²) in [5.41, 5.74) is 3.96. The quantitative estimate of drug-likeness (QED) is 0.293. The van der Waals surface area contributed by atoms with Gasteiger partial charge in [0.1, 0.15) is 17.4 Å². The number of aromatic nitrogens is 1. The van der Waals surface area contributed by atoms with Crippen molar-refractivity contribution in [2.45, 2.75) is 33.2 Å². The van der Waals surface area contributed by atoms with Crippen molar-refractivity contribution >= 4 is 28.8 Å². The molecule has 1 aliphatic rings. The fourth-order valence-electron chi connectivity index (χ4n) is 3.98. The van der Waals surface area contributed by atoms with Crippen molar-refractivity contribution in [1.29, 1.82) is 0 Å². The topological polar surface area (TPSA) is 81.1 Å². The van der Waals surface area contributed by atoms with E-state index in [1.807, 2.05) is 55.5 Å². The van der Waals surface area contributed by atoms with Crippen LogP contribution in [0.2, 0.25) is 5.02 Å². The summed E-state index contributed by atoms with van der Waals surface area (Å²) >= 11 is 7.77. The lowest BCUT2D eigenvalue weighted by Crippen LogP contribution is -2.30. The van der Waals surface area contributed by atoms with E-state index < -0.39 is 0 Å². The summed E-state index contributed by atoms with van der Waals surface area (Å²) in [5, 5.41) is 12.4. The van der Waals surface area contributed by atoms with Gasteiger partial charge in [-0.3, -0.25) is 4.79 Å². The summed E-state index contributed by atoms with van der Waals surface area (Å²) in [6, 6.07) is 18.6. The lowest BCUT2D eigenvalue weighted by atomic mass is 10.1. The Hall–Kier alpha value is -3.59. The highest BCUT2D eigenvalue weighted by atomic mass is 35.5. The first-order chi connectivity index (χ1) is 18.0. The second-order valence-corrected chi connectivity index (χ2v) is 10.0. The third kappa shape index (κ3) is 6.05. The van der Waals surface area contributed by atoms with Crippen LogP contribution < -0.4 is 14.2 Å². The van der Waals surface area contributed by atoms with Gasteiger partial charge in [-0.25, -0.2) is 4.98 Å². The van der Waals surface area contributed by atoms with Crippen LogP contribution in [0.15, 0.2) is 66.0 Å². The minimum atomic E-state index is -0.115. The van der Waals surface area contributed by atoms with Crippen LogP contribution >= 0.6 is 22.9 Å². The number of hydrogen-bond acceptors (Lipinski definition) is 7. The van der Waals surface area contributed by atoms with E-state index >= 15 is 0 Å². The zero-order chi connectivity index (χ0) is 25.8. The molecule has 0 saturated carbocycles. The summed E-state index contributed by atoms with van der Waals surface area (Å²) in [4.78, 5) is 19.8. The number of carbonyl (C=O) groups is 1. The molecule has 190 valence electrons. The van der Waals surface area contributed by atoms with Crippen molar-refractivity contribution in [2.75, 3.05) is 6.79 Å². The number of ether oxygens (including phenoxy) is 3. The van der Waals surface area contributed by atoms with Gasteiger partial charge in [0.15, 0.2) is 11.5 Å². The summed E-state index contributed by atoms with van der Waals surface area (Å²) in [6.07, 6.45) is 0. The highest BCUT2D eigenvalue weighted by molar-refractivity contribution is 7.09. The van der Waals surface area contributed by atoms with Gasteiger partial charge in [0, 0.05) is 28.1 Å². The third-order valence-electron chi connectivity index (χ3n) is 5.89. The minimum Gasteiger partial charge on any atom is -0.486 e. The van der Waals surface area contributed by atoms with Crippen molar-refractivity contribution in [3.8, 4) is 17.2 Å². The molecule has 0 bridgehead atoms. The molecule has 0 aliphatic carbocycles. The zero-order valence-corrected chi connectivity index (χ0v) is 21.7. The Morgan fingerprint density at radius 1 is 1.08 bits per heavy atom. The lowest BCUT2D eigenvalue weighted by molar-refractivity contribution is 0.0728. The number of aliphatic hydroxyl groups excluding tert-OH is 1. The number of aliphatic hydroxyl groups is 1. The lowest BCUT2D eigenvalue weighted by Gasteiger charge is -2.25. The molecule has 1 aromatic heterocycles. The summed E-state index contributed by atoms with van der Waals surface area (Å²) < 4.78 is 17.0. The van der Waals surface area contributed by atoms with Gasteiger partial charge < -0.3 is 24.2 Å². The van der Waals surface area contributed by atoms with Crippen molar-refractivity contribution < 1.29 is 24.1 Å². The normalized spacial score (nSPS) is 12.0. The Labute approximate surface area is 223 Å². The number of rotatable bonds is 9. The maximum absolute atomic E-state index is 13.7. The van der Waals surface area contributed by atoms with Crippen LogP contribution in [-0.4, -0.2) is 27.7 Å². The van der Waals surface area contributed by atoms with Crippen LogP contribution in [0, 0.1) is 6.92 Å².